The van der Waals surface area contributed by atoms with E-state index in [-0.39, 0.29) is 11.6 Å². The fourth-order valence-electron chi connectivity index (χ4n) is 2.23. The lowest BCUT2D eigenvalue weighted by molar-refractivity contribution is -0.0885. The van der Waals surface area contributed by atoms with Crippen LogP contribution in [0.3, 0.4) is 0 Å². The quantitative estimate of drug-likeness (QED) is 0.774. The van der Waals surface area contributed by atoms with Gasteiger partial charge in [0.2, 0.25) is 0 Å². The molecule has 1 saturated heterocycles. The summed E-state index contributed by atoms with van der Waals surface area (Å²) in [5.74, 6) is -0.355. The molecule has 2 rings (SSSR count). The van der Waals surface area contributed by atoms with Crippen molar-refractivity contribution in [1.29, 1.82) is 0 Å². The molecule has 5 heteroatoms. The number of morpholine rings is 1. The molecular weight excluding hydrogens is 244 g/mol. The number of methoxy groups -OCH3 is 1. The highest BCUT2D eigenvalue weighted by atomic mass is 16.5. The smallest absolute Gasteiger partial charge is 0.339 e. The molecule has 0 saturated carbocycles. The first kappa shape index (κ1) is 14.0. The third-order valence-electron chi connectivity index (χ3n) is 3.14. The van der Waals surface area contributed by atoms with Crippen molar-refractivity contribution in [3.05, 3.63) is 29.6 Å². The van der Waals surface area contributed by atoms with Crippen LogP contribution in [0.25, 0.3) is 0 Å². The first-order valence-corrected chi connectivity index (χ1v) is 6.40. The Morgan fingerprint density at radius 1 is 1.53 bits per heavy atom. The van der Waals surface area contributed by atoms with Crippen LogP contribution in [-0.2, 0) is 16.0 Å². The molecule has 0 radical (unpaired) electrons. The number of hydrogen-bond acceptors (Lipinski definition) is 5. The van der Waals surface area contributed by atoms with Gasteiger partial charge in [-0.2, -0.15) is 0 Å². The van der Waals surface area contributed by atoms with Crippen LogP contribution < -0.4 is 0 Å². The summed E-state index contributed by atoms with van der Waals surface area (Å²) in [6.07, 6.45) is 1.56. The van der Waals surface area contributed by atoms with E-state index in [1.54, 1.807) is 12.3 Å². The predicted molar refractivity (Wildman–Crippen MR) is 70.9 cm³/mol. The van der Waals surface area contributed by atoms with Gasteiger partial charge >= 0.3 is 5.97 Å². The van der Waals surface area contributed by atoms with Crippen LogP contribution in [0.5, 0.6) is 0 Å². The van der Waals surface area contributed by atoms with Crippen LogP contribution in [0.4, 0.5) is 0 Å². The minimum Gasteiger partial charge on any atom is -0.465 e. The molecule has 0 atom stereocenters. The molecule has 5 nitrogen and oxygen atoms in total. The number of ether oxygens (including phenoxy) is 2. The lowest BCUT2D eigenvalue weighted by Crippen LogP contribution is -2.47. The molecule has 1 fully saturated rings. The molecule has 1 aromatic rings. The van der Waals surface area contributed by atoms with Gasteiger partial charge in [-0.3, -0.25) is 9.88 Å². The molecular formula is C14H20N2O3. The Morgan fingerprint density at radius 2 is 2.32 bits per heavy atom. The monoisotopic (exact) mass is 264 g/mol. The average molecular weight is 264 g/mol. The Bertz CT molecular complexity index is 443. The fourth-order valence-corrected chi connectivity index (χ4v) is 2.23. The summed E-state index contributed by atoms with van der Waals surface area (Å²) in [5.41, 5.74) is 1.32. The Labute approximate surface area is 113 Å². The zero-order valence-electron chi connectivity index (χ0n) is 11.7. The van der Waals surface area contributed by atoms with Crippen molar-refractivity contribution in [1.82, 2.24) is 9.88 Å². The lowest BCUT2D eigenvalue weighted by Gasteiger charge is -2.37. The molecule has 1 aliphatic rings. The molecule has 0 aliphatic carbocycles. The molecule has 0 bridgehead atoms. The van der Waals surface area contributed by atoms with Crippen molar-refractivity contribution in [2.75, 3.05) is 26.8 Å². The lowest BCUT2D eigenvalue weighted by atomic mass is 10.1. The van der Waals surface area contributed by atoms with Gasteiger partial charge in [0.15, 0.2) is 0 Å². The summed E-state index contributed by atoms with van der Waals surface area (Å²) in [6.45, 7) is 7.48. The normalized spacial score (nSPS) is 19.1. The molecule has 0 unspecified atom stereocenters. The third kappa shape index (κ3) is 3.75. The van der Waals surface area contributed by atoms with Crippen LogP contribution in [0.2, 0.25) is 0 Å². The van der Waals surface area contributed by atoms with Crippen molar-refractivity contribution in [2.45, 2.75) is 26.0 Å². The highest BCUT2D eigenvalue weighted by Crippen LogP contribution is 2.18. The molecule has 0 amide bonds. The van der Waals surface area contributed by atoms with E-state index in [0.717, 1.165) is 31.9 Å². The van der Waals surface area contributed by atoms with Crippen LogP contribution in [0, 0.1) is 0 Å². The van der Waals surface area contributed by atoms with E-state index in [9.17, 15) is 4.79 Å². The van der Waals surface area contributed by atoms with E-state index in [1.165, 1.54) is 7.11 Å². The minimum absolute atomic E-state index is 0.107. The second-order valence-electron chi connectivity index (χ2n) is 5.35. The summed E-state index contributed by atoms with van der Waals surface area (Å²) in [6, 6.07) is 3.62. The summed E-state index contributed by atoms with van der Waals surface area (Å²) in [7, 11) is 1.37. The summed E-state index contributed by atoms with van der Waals surface area (Å²) in [5, 5.41) is 0. The van der Waals surface area contributed by atoms with Crippen molar-refractivity contribution in [2.24, 2.45) is 0 Å². The number of rotatable bonds is 3. The molecule has 0 spiro atoms. The standard InChI is InChI=1S/C14H20N2O3/c1-14(2)10-16(6-7-19-14)9-12-5-4-11(8-15-12)13(17)18-3/h4-5,8H,6-7,9-10H2,1-3H3. The molecule has 19 heavy (non-hydrogen) atoms. The first-order valence-electron chi connectivity index (χ1n) is 6.40. The predicted octanol–water partition coefficient (Wildman–Crippen LogP) is 1.48. The van der Waals surface area contributed by atoms with Gasteiger partial charge in [0.05, 0.1) is 30.6 Å². The number of nitrogens with zero attached hydrogens (tertiary/aromatic N) is 2. The van der Waals surface area contributed by atoms with Crippen LogP contribution in [0.1, 0.15) is 29.9 Å². The van der Waals surface area contributed by atoms with Crippen molar-refractivity contribution >= 4 is 5.97 Å². The maximum absolute atomic E-state index is 11.3. The largest absolute Gasteiger partial charge is 0.465 e. The highest BCUT2D eigenvalue weighted by molar-refractivity contribution is 5.88. The topological polar surface area (TPSA) is 51.7 Å². The average Bonchev–Trinajstić information content (AvgIpc) is 2.37. The van der Waals surface area contributed by atoms with Crippen LogP contribution >= 0.6 is 0 Å². The van der Waals surface area contributed by atoms with Crippen molar-refractivity contribution in [3.63, 3.8) is 0 Å². The van der Waals surface area contributed by atoms with Gasteiger partial charge in [0.25, 0.3) is 0 Å². The van der Waals surface area contributed by atoms with E-state index in [4.69, 9.17) is 4.74 Å². The second-order valence-corrected chi connectivity index (χ2v) is 5.35. The Hall–Kier alpha value is -1.46. The van der Waals surface area contributed by atoms with Gasteiger partial charge in [-0.15, -0.1) is 0 Å². The number of carbonyl (C=O) groups excluding carboxylic acids is 1. The Kier molecular flexibility index (Phi) is 4.17. The van der Waals surface area contributed by atoms with E-state index in [1.807, 2.05) is 6.07 Å². The van der Waals surface area contributed by atoms with Gasteiger partial charge < -0.3 is 9.47 Å². The molecule has 0 N–H and O–H groups in total. The Balaban J connectivity index is 1.98. The maximum atomic E-state index is 11.3. The zero-order valence-corrected chi connectivity index (χ0v) is 11.7. The van der Waals surface area contributed by atoms with Crippen LogP contribution in [0.15, 0.2) is 18.3 Å². The number of esters is 1. The van der Waals surface area contributed by atoms with Gasteiger partial charge in [0.1, 0.15) is 0 Å². The first-order chi connectivity index (χ1) is 9.00. The van der Waals surface area contributed by atoms with Crippen molar-refractivity contribution in [3.8, 4) is 0 Å². The van der Waals surface area contributed by atoms with Gasteiger partial charge in [-0.1, -0.05) is 0 Å². The van der Waals surface area contributed by atoms with E-state index >= 15 is 0 Å². The summed E-state index contributed by atoms with van der Waals surface area (Å²) < 4.78 is 10.3. The van der Waals surface area contributed by atoms with Crippen LogP contribution in [-0.4, -0.2) is 48.3 Å². The number of carbonyl (C=O) groups is 1. The number of aromatic nitrogens is 1. The Morgan fingerprint density at radius 3 is 2.89 bits per heavy atom. The maximum Gasteiger partial charge on any atom is 0.339 e. The SMILES string of the molecule is COC(=O)c1ccc(CN2CCOC(C)(C)C2)nc1. The third-order valence-corrected chi connectivity index (χ3v) is 3.14. The van der Waals surface area contributed by atoms with Gasteiger partial charge in [0, 0.05) is 25.8 Å². The minimum atomic E-state index is -0.355. The molecule has 1 aromatic heterocycles. The van der Waals surface area contributed by atoms with E-state index in [2.05, 4.69) is 28.5 Å². The number of hydrogen-bond donors (Lipinski definition) is 0. The van der Waals surface area contributed by atoms with Gasteiger partial charge in [-0.05, 0) is 26.0 Å². The number of pyridine rings is 1. The van der Waals surface area contributed by atoms with E-state index < -0.39 is 0 Å². The fraction of sp³-hybridized carbons (Fsp3) is 0.571. The summed E-state index contributed by atoms with van der Waals surface area (Å²) in [4.78, 5) is 17.9. The van der Waals surface area contributed by atoms with E-state index in [0.29, 0.717) is 5.56 Å². The van der Waals surface area contributed by atoms with Gasteiger partial charge in [-0.25, -0.2) is 4.79 Å². The molecule has 2 heterocycles. The van der Waals surface area contributed by atoms with Crippen molar-refractivity contribution < 1.29 is 14.3 Å². The molecule has 104 valence electrons. The zero-order chi connectivity index (χ0) is 13.9. The highest BCUT2D eigenvalue weighted by Gasteiger charge is 2.27. The summed E-state index contributed by atoms with van der Waals surface area (Å²) >= 11 is 0. The molecule has 0 aromatic carbocycles. The molecule has 1 aliphatic heterocycles. The second kappa shape index (κ2) is 5.67.